The molecular weight excluding hydrogens is 425 g/mol. The van der Waals surface area contributed by atoms with E-state index in [4.69, 9.17) is 14.2 Å². The molecule has 1 aliphatic heterocycles. The fourth-order valence-electron chi connectivity index (χ4n) is 4.90. The first-order valence-corrected chi connectivity index (χ1v) is 10.8. The molecule has 1 aliphatic carbocycles. The van der Waals surface area contributed by atoms with Gasteiger partial charge in [0.2, 0.25) is 5.91 Å². The summed E-state index contributed by atoms with van der Waals surface area (Å²) >= 11 is 0. The van der Waals surface area contributed by atoms with Crippen LogP contribution in [0.5, 0.6) is 17.2 Å². The van der Waals surface area contributed by atoms with E-state index < -0.39 is 5.92 Å². The maximum Gasteiger partial charge on any atom is 0.232 e. The van der Waals surface area contributed by atoms with Gasteiger partial charge in [0, 0.05) is 47.3 Å². The van der Waals surface area contributed by atoms with Gasteiger partial charge in [-0.25, -0.2) is 4.39 Å². The molecule has 1 atom stereocenters. The van der Waals surface area contributed by atoms with Crippen LogP contribution in [0.3, 0.4) is 0 Å². The quantitative estimate of drug-likeness (QED) is 0.636. The Morgan fingerprint density at radius 3 is 2.12 bits per heavy atom. The minimum atomic E-state index is -0.484. The number of ether oxygens (including phenoxy) is 3. The van der Waals surface area contributed by atoms with Crippen LogP contribution in [-0.4, -0.2) is 33.0 Å². The van der Waals surface area contributed by atoms with E-state index in [0.717, 1.165) is 0 Å². The molecule has 2 aliphatic rings. The number of hydrogen-bond donors (Lipinski definition) is 0. The highest BCUT2D eigenvalue weighted by atomic mass is 19.1. The first-order valence-electron chi connectivity index (χ1n) is 10.8. The minimum Gasteiger partial charge on any atom is -0.496 e. The van der Waals surface area contributed by atoms with Gasteiger partial charge in [0.15, 0.2) is 17.3 Å². The molecule has 4 rings (SSSR count). The summed E-state index contributed by atoms with van der Waals surface area (Å²) < 4.78 is 30.1. The molecule has 0 bridgehead atoms. The van der Waals surface area contributed by atoms with Crippen molar-refractivity contribution in [2.75, 3.05) is 26.2 Å². The molecule has 0 radical (unpaired) electrons. The normalized spacial score (nSPS) is 19.9. The van der Waals surface area contributed by atoms with E-state index in [2.05, 4.69) is 0 Å². The van der Waals surface area contributed by atoms with E-state index in [0.29, 0.717) is 52.6 Å². The van der Waals surface area contributed by atoms with Crippen molar-refractivity contribution in [1.29, 1.82) is 0 Å². The summed E-state index contributed by atoms with van der Waals surface area (Å²) in [5, 5.41) is 0. The average Bonchev–Trinajstić information content (AvgIpc) is 2.77. The maximum atomic E-state index is 13.6. The molecule has 0 fully saturated rings. The Labute approximate surface area is 192 Å². The lowest BCUT2D eigenvalue weighted by molar-refractivity contribution is -0.121. The number of benzene rings is 2. The fraction of sp³-hybridized carbons (Fsp3) is 0.385. The lowest BCUT2D eigenvalue weighted by Crippen LogP contribution is -2.43. The third-order valence-corrected chi connectivity index (χ3v) is 6.34. The Balaban J connectivity index is 1.93. The van der Waals surface area contributed by atoms with Crippen LogP contribution in [0.15, 0.2) is 47.7 Å². The number of methoxy groups -OCH3 is 3. The van der Waals surface area contributed by atoms with Gasteiger partial charge in [-0.05, 0) is 42.2 Å². The number of rotatable bonds is 5. The van der Waals surface area contributed by atoms with Crippen LogP contribution in [0, 0.1) is 11.2 Å². The van der Waals surface area contributed by atoms with Gasteiger partial charge in [0.25, 0.3) is 0 Å². The molecule has 6 nitrogen and oxygen atoms in total. The summed E-state index contributed by atoms with van der Waals surface area (Å²) in [4.78, 5) is 28.6. The molecule has 1 amide bonds. The van der Waals surface area contributed by atoms with E-state index in [1.165, 1.54) is 26.4 Å². The summed E-state index contributed by atoms with van der Waals surface area (Å²) in [6, 6.07) is 9.27. The van der Waals surface area contributed by atoms with Crippen LogP contribution in [0.25, 0.3) is 0 Å². The molecule has 0 saturated carbocycles. The van der Waals surface area contributed by atoms with Crippen molar-refractivity contribution in [1.82, 2.24) is 0 Å². The average molecular weight is 454 g/mol. The molecule has 0 spiro atoms. The number of carbonyl (C=O) groups is 2. The van der Waals surface area contributed by atoms with Gasteiger partial charge in [-0.2, -0.15) is 0 Å². The van der Waals surface area contributed by atoms with Crippen LogP contribution < -0.4 is 19.1 Å². The van der Waals surface area contributed by atoms with Gasteiger partial charge in [0.1, 0.15) is 11.6 Å². The second-order valence-electron chi connectivity index (χ2n) is 9.21. The summed E-state index contributed by atoms with van der Waals surface area (Å²) in [6.07, 6.45) is 1.00. The molecule has 7 heteroatoms. The fourth-order valence-corrected chi connectivity index (χ4v) is 4.90. The molecule has 0 N–H and O–H groups in total. The third-order valence-electron chi connectivity index (χ3n) is 6.34. The topological polar surface area (TPSA) is 65.1 Å². The van der Waals surface area contributed by atoms with E-state index in [1.54, 1.807) is 36.3 Å². The predicted octanol–water partition coefficient (Wildman–Crippen LogP) is 5.02. The van der Waals surface area contributed by atoms with Crippen molar-refractivity contribution < 1.29 is 28.2 Å². The van der Waals surface area contributed by atoms with Crippen LogP contribution in [0.4, 0.5) is 10.1 Å². The van der Waals surface area contributed by atoms with Gasteiger partial charge in [-0.1, -0.05) is 13.8 Å². The Bertz CT molecular complexity index is 1140. The minimum absolute atomic E-state index is 0.00250. The number of halogens is 1. The Hall–Kier alpha value is -3.35. The summed E-state index contributed by atoms with van der Waals surface area (Å²) in [5.74, 6) is 0.486. The second-order valence-corrected chi connectivity index (χ2v) is 9.21. The summed E-state index contributed by atoms with van der Waals surface area (Å²) in [5.41, 5.74) is 2.21. The number of carbonyl (C=O) groups excluding carboxylic acids is 2. The van der Waals surface area contributed by atoms with Crippen LogP contribution in [0.2, 0.25) is 0 Å². The van der Waals surface area contributed by atoms with E-state index >= 15 is 0 Å². The molecule has 1 heterocycles. The number of allylic oxidation sites excluding steroid dienone is 2. The second kappa shape index (κ2) is 8.54. The lowest BCUT2D eigenvalue weighted by atomic mass is 9.69. The van der Waals surface area contributed by atoms with Crippen molar-refractivity contribution >= 4 is 17.4 Å². The summed E-state index contributed by atoms with van der Waals surface area (Å²) in [7, 11) is 4.62. The van der Waals surface area contributed by atoms with E-state index in [9.17, 15) is 14.0 Å². The number of nitrogens with zero attached hydrogens (tertiary/aromatic N) is 1. The zero-order valence-corrected chi connectivity index (χ0v) is 19.5. The molecule has 0 aromatic heterocycles. The Kier molecular flexibility index (Phi) is 5.91. The SMILES string of the molecule is COc1cc(OC)c([C@@H]2CC(=O)N(c3ccc(F)cc3)C3=C2C(=O)CC(C)(C)C3)cc1OC. The van der Waals surface area contributed by atoms with Gasteiger partial charge < -0.3 is 14.2 Å². The highest BCUT2D eigenvalue weighted by Crippen LogP contribution is 2.51. The molecule has 2 aromatic carbocycles. The van der Waals surface area contributed by atoms with Crippen molar-refractivity contribution in [3.8, 4) is 17.2 Å². The molecule has 0 saturated heterocycles. The number of anilines is 1. The van der Waals surface area contributed by atoms with Crippen LogP contribution >= 0.6 is 0 Å². The van der Waals surface area contributed by atoms with Crippen molar-refractivity contribution in [3.05, 3.63) is 59.0 Å². The molecular formula is C26H28FNO5. The standard InChI is InChI=1S/C26H28FNO5/c1-26(2)13-19-25(20(29)14-26)18(11-24(30)28(19)16-8-6-15(27)7-9-16)17-10-22(32-4)23(33-5)12-21(17)31-3/h6-10,12,18H,11,13-14H2,1-5H3/t18-/m0/s1. The van der Waals surface area contributed by atoms with Gasteiger partial charge in [0.05, 0.1) is 21.3 Å². The van der Waals surface area contributed by atoms with Crippen molar-refractivity contribution in [2.45, 2.75) is 39.0 Å². The Morgan fingerprint density at radius 1 is 0.909 bits per heavy atom. The largest absolute Gasteiger partial charge is 0.496 e. The van der Waals surface area contributed by atoms with Gasteiger partial charge >= 0.3 is 0 Å². The van der Waals surface area contributed by atoms with Crippen LogP contribution in [-0.2, 0) is 9.59 Å². The Morgan fingerprint density at radius 2 is 1.52 bits per heavy atom. The molecule has 33 heavy (non-hydrogen) atoms. The van der Waals surface area contributed by atoms with Crippen molar-refractivity contribution in [2.24, 2.45) is 5.41 Å². The number of hydrogen-bond acceptors (Lipinski definition) is 5. The summed E-state index contributed by atoms with van der Waals surface area (Å²) in [6.45, 7) is 4.03. The molecule has 2 aromatic rings. The molecule has 174 valence electrons. The maximum absolute atomic E-state index is 13.6. The number of Topliss-reactive ketones (excluding diaryl/α,β-unsaturated/α-hetero) is 1. The number of ketones is 1. The monoisotopic (exact) mass is 453 g/mol. The van der Waals surface area contributed by atoms with Crippen molar-refractivity contribution in [3.63, 3.8) is 0 Å². The zero-order chi connectivity index (χ0) is 23.9. The third kappa shape index (κ3) is 4.08. The predicted molar refractivity (Wildman–Crippen MR) is 122 cm³/mol. The van der Waals surface area contributed by atoms with E-state index in [1.807, 2.05) is 13.8 Å². The molecule has 0 unspecified atom stereocenters. The zero-order valence-electron chi connectivity index (χ0n) is 19.5. The van der Waals surface area contributed by atoms with Crippen LogP contribution in [0.1, 0.15) is 44.6 Å². The first kappa shape index (κ1) is 22.8. The van der Waals surface area contributed by atoms with Gasteiger partial charge in [-0.3, -0.25) is 14.5 Å². The lowest BCUT2D eigenvalue weighted by Gasteiger charge is -2.43. The highest BCUT2D eigenvalue weighted by molar-refractivity contribution is 6.08. The highest BCUT2D eigenvalue weighted by Gasteiger charge is 2.45. The number of amides is 1. The first-order chi connectivity index (χ1) is 15.7. The van der Waals surface area contributed by atoms with Gasteiger partial charge in [-0.15, -0.1) is 0 Å². The smallest absolute Gasteiger partial charge is 0.232 e. The van der Waals surface area contributed by atoms with E-state index in [-0.39, 0.29) is 29.3 Å².